The van der Waals surface area contributed by atoms with E-state index < -0.39 is 12.0 Å². The van der Waals surface area contributed by atoms with Crippen molar-refractivity contribution in [3.63, 3.8) is 0 Å². The van der Waals surface area contributed by atoms with E-state index in [1.165, 1.54) is 57.8 Å². The number of hydrogen-bond donors (Lipinski definition) is 4. The van der Waals surface area contributed by atoms with Crippen LogP contribution in [0, 0.1) is 0 Å². The van der Waals surface area contributed by atoms with Gasteiger partial charge in [-0.1, -0.05) is 75.8 Å². The molecule has 4 N–H and O–H groups in total. The van der Waals surface area contributed by atoms with Gasteiger partial charge in [-0.2, -0.15) is 5.21 Å². The molecule has 1 aromatic heterocycles. The van der Waals surface area contributed by atoms with E-state index in [2.05, 4.69) is 31.3 Å². The summed E-state index contributed by atoms with van der Waals surface area (Å²) >= 11 is 0. The van der Waals surface area contributed by atoms with Crippen LogP contribution >= 0.6 is 0 Å². The molecule has 11 nitrogen and oxygen atoms in total. The van der Waals surface area contributed by atoms with Gasteiger partial charge in [-0.25, -0.2) is 4.79 Å². The number of aromatic amines is 1. The van der Waals surface area contributed by atoms with Gasteiger partial charge in [0.25, 0.3) is 0 Å². The molecule has 1 aromatic rings. The lowest BCUT2D eigenvalue weighted by molar-refractivity contribution is -0.142. The van der Waals surface area contributed by atoms with Crippen molar-refractivity contribution in [3.8, 4) is 0 Å². The van der Waals surface area contributed by atoms with Crippen molar-refractivity contribution in [2.75, 3.05) is 19.8 Å². The SMILES string of the molecule is CCOCCNC(=O)CCC(NC(=O)CCCCCCCCCCCCCCCc1nn[nH]n1)C(=O)O. The van der Waals surface area contributed by atoms with Crippen molar-refractivity contribution >= 4 is 17.8 Å². The number of carbonyl (C=O) groups is 3. The second-order valence-corrected chi connectivity index (χ2v) is 9.47. The van der Waals surface area contributed by atoms with E-state index in [1.54, 1.807) is 0 Å². The third-order valence-electron chi connectivity index (χ3n) is 6.26. The molecule has 11 heteroatoms. The van der Waals surface area contributed by atoms with Crippen molar-refractivity contribution in [1.82, 2.24) is 31.3 Å². The Morgan fingerprint density at radius 2 is 1.46 bits per heavy atom. The fourth-order valence-electron chi connectivity index (χ4n) is 4.10. The van der Waals surface area contributed by atoms with Gasteiger partial charge >= 0.3 is 5.97 Å². The molecule has 1 heterocycles. The van der Waals surface area contributed by atoms with Crippen LogP contribution in [-0.4, -0.2) is 69.3 Å². The van der Waals surface area contributed by atoms with E-state index in [9.17, 15) is 19.5 Å². The number of aromatic nitrogens is 4. The molecular formula is C26H48N6O5. The number of hydrogen-bond acceptors (Lipinski definition) is 7. The predicted molar refractivity (Wildman–Crippen MR) is 141 cm³/mol. The first-order valence-electron chi connectivity index (χ1n) is 14.1. The van der Waals surface area contributed by atoms with Crippen LogP contribution in [0.15, 0.2) is 0 Å². The van der Waals surface area contributed by atoms with Gasteiger partial charge in [-0.15, -0.1) is 10.2 Å². The number of carboxylic acids is 1. The molecule has 1 atom stereocenters. The Morgan fingerprint density at radius 3 is 2.00 bits per heavy atom. The minimum absolute atomic E-state index is 0.0476. The molecule has 37 heavy (non-hydrogen) atoms. The third kappa shape index (κ3) is 19.2. The number of tetrazole rings is 1. The molecule has 0 aromatic carbocycles. The van der Waals surface area contributed by atoms with Gasteiger partial charge in [-0.05, 0) is 26.2 Å². The maximum Gasteiger partial charge on any atom is 0.326 e. The lowest BCUT2D eigenvalue weighted by atomic mass is 10.0. The highest BCUT2D eigenvalue weighted by atomic mass is 16.5. The smallest absolute Gasteiger partial charge is 0.326 e. The van der Waals surface area contributed by atoms with Crippen LogP contribution in [0.1, 0.15) is 115 Å². The Balaban J connectivity index is 1.90. The van der Waals surface area contributed by atoms with Crippen molar-refractivity contribution in [2.45, 2.75) is 122 Å². The normalized spacial score (nSPS) is 11.8. The molecule has 0 aliphatic heterocycles. The zero-order valence-electron chi connectivity index (χ0n) is 22.6. The average Bonchev–Trinajstić information content (AvgIpc) is 3.40. The second-order valence-electron chi connectivity index (χ2n) is 9.47. The van der Waals surface area contributed by atoms with E-state index in [-0.39, 0.29) is 24.7 Å². The Labute approximate surface area is 221 Å². The highest BCUT2D eigenvalue weighted by Crippen LogP contribution is 2.13. The zero-order chi connectivity index (χ0) is 27.0. The monoisotopic (exact) mass is 524 g/mol. The largest absolute Gasteiger partial charge is 0.480 e. The summed E-state index contributed by atoms with van der Waals surface area (Å²) in [6.45, 7) is 3.27. The van der Waals surface area contributed by atoms with Gasteiger partial charge in [0.05, 0.1) is 6.61 Å². The Morgan fingerprint density at radius 1 is 0.865 bits per heavy atom. The molecule has 0 fully saturated rings. The van der Waals surface area contributed by atoms with Gasteiger partial charge < -0.3 is 20.5 Å². The van der Waals surface area contributed by atoms with Crippen LogP contribution in [0.5, 0.6) is 0 Å². The topological polar surface area (TPSA) is 159 Å². The zero-order valence-corrected chi connectivity index (χ0v) is 22.6. The molecule has 212 valence electrons. The van der Waals surface area contributed by atoms with E-state index in [0.717, 1.165) is 37.9 Å². The van der Waals surface area contributed by atoms with E-state index in [0.29, 0.717) is 26.2 Å². The van der Waals surface area contributed by atoms with Gasteiger partial charge in [0.2, 0.25) is 11.8 Å². The van der Waals surface area contributed by atoms with E-state index >= 15 is 0 Å². The second kappa shape index (κ2) is 22.6. The molecule has 1 unspecified atom stereocenters. The highest BCUT2D eigenvalue weighted by Gasteiger charge is 2.20. The maximum absolute atomic E-state index is 12.1. The summed E-state index contributed by atoms with van der Waals surface area (Å²) < 4.78 is 5.14. The standard InChI is InChI=1S/C26H48N6O5/c1-2-37-21-20-27-24(33)19-18-22(26(35)36)28-25(34)17-15-13-11-9-7-5-3-4-6-8-10-12-14-16-23-29-31-32-30-23/h22H,2-21H2,1H3,(H,27,33)(H,28,34)(H,35,36)(H,29,30,31,32). The molecule has 0 spiro atoms. The number of H-pyrrole nitrogens is 1. The summed E-state index contributed by atoms with van der Waals surface area (Å²) in [5.74, 6) is -0.819. The third-order valence-corrected chi connectivity index (χ3v) is 6.26. The number of nitrogens with zero attached hydrogens (tertiary/aromatic N) is 3. The minimum Gasteiger partial charge on any atom is -0.480 e. The van der Waals surface area contributed by atoms with Crippen LogP contribution in [0.3, 0.4) is 0 Å². The van der Waals surface area contributed by atoms with Gasteiger partial charge in [0.1, 0.15) is 6.04 Å². The van der Waals surface area contributed by atoms with Crippen LogP contribution in [-0.2, 0) is 25.5 Å². The van der Waals surface area contributed by atoms with Crippen molar-refractivity contribution in [1.29, 1.82) is 0 Å². The number of carboxylic acid groups (broad SMARTS) is 1. The quantitative estimate of drug-likeness (QED) is 0.141. The molecule has 0 saturated heterocycles. The molecule has 0 radical (unpaired) electrons. The molecule has 0 aliphatic carbocycles. The maximum atomic E-state index is 12.1. The highest BCUT2D eigenvalue weighted by molar-refractivity contribution is 5.84. The van der Waals surface area contributed by atoms with Crippen LogP contribution in [0.25, 0.3) is 0 Å². The summed E-state index contributed by atoms with van der Waals surface area (Å²) in [6, 6.07) is -1.04. The molecule has 0 aliphatic rings. The summed E-state index contributed by atoms with van der Waals surface area (Å²) in [7, 11) is 0. The van der Waals surface area contributed by atoms with Crippen LogP contribution in [0.2, 0.25) is 0 Å². The lowest BCUT2D eigenvalue weighted by Gasteiger charge is -2.14. The van der Waals surface area contributed by atoms with E-state index in [4.69, 9.17) is 4.74 Å². The van der Waals surface area contributed by atoms with Gasteiger partial charge in [-0.3, -0.25) is 9.59 Å². The number of unbranched alkanes of at least 4 members (excludes halogenated alkanes) is 12. The first-order valence-corrected chi connectivity index (χ1v) is 14.1. The number of ether oxygens (including phenoxy) is 1. The fourth-order valence-corrected chi connectivity index (χ4v) is 4.10. The Bertz CT molecular complexity index is 716. The molecule has 0 saturated carbocycles. The summed E-state index contributed by atoms with van der Waals surface area (Å²) in [5, 5.41) is 28.5. The fraction of sp³-hybridized carbons (Fsp3) is 0.846. The molecule has 0 bridgehead atoms. The lowest BCUT2D eigenvalue weighted by Crippen LogP contribution is -2.41. The number of carbonyl (C=O) groups excluding carboxylic acids is 2. The predicted octanol–water partition coefficient (Wildman–Crippen LogP) is 3.71. The number of rotatable bonds is 25. The van der Waals surface area contributed by atoms with Crippen molar-refractivity contribution in [3.05, 3.63) is 5.82 Å². The Hall–Kier alpha value is -2.56. The van der Waals surface area contributed by atoms with Crippen molar-refractivity contribution in [2.24, 2.45) is 0 Å². The molecule has 1 rings (SSSR count). The number of amides is 2. The minimum atomic E-state index is -1.11. The molecule has 2 amide bonds. The number of aryl methyl sites for hydroxylation is 1. The number of aliphatic carboxylic acids is 1. The van der Waals surface area contributed by atoms with Gasteiger partial charge in [0, 0.05) is 32.4 Å². The summed E-state index contributed by atoms with van der Waals surface area (Å²) in [5.41, 5.74) is 0. The first kappa shape index (κ1) is 32.5. The molecular weight excluding hydrogens is 476 g/mol. The first-order chi connectivity index (χ1) is 18.0. The van der Waals surface area contributed by atoms with E-state index in [1.807, 2.05) is 6.92 Å². The van der Waals surface area contributed by atoms with Gasteiger partial charge in [0.15, 0.2) is 5.82 Å². The van der Waals surface area contributed by atoms with Crippen LogP contribution in [0.4, 0.5) is 0 Å². The number of nitrogens with one attached hydrogen (secondary N) is 3. The summed E-state index contributed by atoms with van der Waals surface area (Å²) in [4.78, 5) is 35.3. The van der Waals surface area contributed by atoms with Crippen molar-refractivity contribution < 1.29 is 24.2 Å². The van der Waals surface area contributed by atoms with Crippen LogP contribution < -0.4 is 10.6 Å². The summed E-state index contributed by atoms with van der Waals surface area (Å²) in [6.07, 6.45) is 16.6. The Kier molecular flexibility index (Phi) is 19.9. The average molecular weight is 525 g/mol.